The van der Waals surface area contributed by atoms with E-state index in [-0.39, 0.29) is 0 Å². The molecule has 1 aromatic rings. The maximum atomic E-state index is 6.05. The van der Waals surface area contributed by atoms with Crippen LogP contribution >= 0.6 is 27.5 Å². The van der Waals surface area contributed by atoms with Crippen molar-refractivity contribution in [1.82, 2.24) is 5.32 Å². The first kappa shape index (κ1) is 16.7. The average molecular weight is 345 g/mol. The lowest BCUT2D eigenvalue weighted by molar-refractivity contribution is 0.483. The van der Waals surface area contributed by atoms with Gasteiger partial charge in [-0.1, -0.05) is 43.5 Å². The van der Waals surface area contributed by atoms with Gasteiger partial charge in [0.1, 0.15) is 0 Å². The number of nitrogens with one attached hydrogen (secondary N) is 1. The van der Waals surface area contributed by atoms with E-state index in [1.54, 1.807) is 0 Å². The van der Waals surface area contributed by atoms with Crippen LogP contribution in [0, 0.1) is 0 Å². The third-order valence-electron chi connectivity index (χ3n) is 3.20. The van der Waals surface area contributed by atoms with E-state index in [9.17, 15) is 0 Å². The third kappa shape index (κ3) is 6.11. The van der Waals surface area contributed by atoms with Crippen LogP contribution in [0.5, 0.6) is 0 Å². The van der Waals surface area contributed by atoms with Gasteiger partial charge in [0.25, 0.3) is 0 Å². The first-order valence-corrected chi connectivity index (χ1v) is 8.15. The van der Waals surface area contributed by atoms with Crippen LogP contribution in [-0.2, 0) is 0 Å². The molecule has 1 unspecified atom stereocenters. The molecular weight excluding hydrogens is 322 g/mol. The van der Waals surface area contributed by atoms with Crippen molar-refractivity contribution < 1.29 is 0 Å². The minimum absolute atomic E-state index is 0.419. The van der Waals surface area contributed by atoms with E-state index >= 15 is 0 Å². The summed E-state index contributed by atoms with van der Waals surface area (Å²) in [6, 6.07) is 6.62. The van der Waals surface area contributed by atoms with Crippen LogP contribution in [-0.4, -0.2) is 6.54 Å². The van der Waals surface area contributed by atoms with Crippen molar-refractivity contribution in [1.29, 1.82) is 0 Å². The van der Waals surface area contributed by atoms with Gasteiger partial charge < -0.3 is 5.32 Å². The molecule has 0 amide bonds. The second-order valence-electron chi connectivity index (χ2n) is 4.71. The van der Waals surface area contributed by atoms with Crippen LogP contribution in [0.3, 0.4) is 0 Å². The first-order valence-electron chi connectivity index (χ1n) is 6.98. The van der Waals surface area contributed by atoms with E-state index in [2.05, 4.69) is 46.9 Å². The van der Waals surface area contributed by atoms with Gasteiger partial charge in [0, 0.05) is 10.5 Å². The number of hydrogen-bond donors (Lipinski definition) is 1. The zero-order valence-corrected chi connectivity index (χ0v) is 13.9. The highest BCUT2D eigenvalue weighted by atomic mass is 79.9. The molecule has 1 N–H and O–H groups in total. The van der Waals surface area contributed by atoms with Crippen molar-refractivity contribution >= 4 is 27.5 Å². The minimum atomic E-state index is 0.419. The lowest BCUT2D eigenvalue weighted by Crippen LogP contribution is -2.20. The maximum Gasteiger partial charge on any atom is 0.0548 e. The Kier molecular flexibility index (Phi) is 8.43. The summed E-state index contributed by atoms with van der Waals surface area (Å²) < 4.78 is 0.973. The Morgan fingerprint density at radius 1 is 1.37 bits per heavy atom. The van der Waals surface area contributed by atoms with Gasteiger partial charge in [-0.15, -0.1) is 6.58 Å². The third-order valence-corrected chi connectivity index (χ3v) is 4.41. The van der Waals surface area contributed by atoms with Crippen LogP contribution in [0.25, 0.3) is 0 Å². The maximum absolute atomic E-state index is 6.05. The lowest BCUT2D eigenvalue weighted by atomic mass is 10.00. The SMILES string of the molecule is C=CCCCCCC(NCC)c1ccc(Cl)c(Br)c1. The first-order chi connectivity index (χ1) is 9.19. The highest BCUT2D eigenvalue weighted by molar-refractivity contribution is 9.10. The quantitative estimate of drug-likeness (QED) is 0.435. The molecule has 0 aliphatic rings. The summed E-state index contributed by atoms with van der Waals surface area (Å²) in [7, 11) is 0. The molecule has 1 aromatic carbocycles. The van der Waals surface area contributed by atoms with Gasteiger partial charge in [0.2, 0.25) is 0 Å². The van der Waals surface area contributed by atoms with Gasteiger partial charge in [-0.3, -0.25) is 0 Å². The Bertz CT molecular complexity index is 392. The van der Waals surface area contributed by atoms with E-state index in [0.29, 0.717) is 6.04 Å². The molecule has 1 rings (SSSR count). The highest BCUT2D eigenvalue weighted by Crippen LogP contribution is 2.28. The normalized spacial score (nSPS) is 12.4. The standard InChI is InChI=1S/C16H23BrClN/c1-3-5-6-7-8-9-16(19-4-2)13-10-11-15(18)14(17)12-13/h3,10-12,16,19H,1,4-9H2,2H3. The zero-order chi connectivity index (χ0) is 14.1. The molecule has 1 nitrogen and oxygen atoms in total. The number of halogens is 2. The summed E-state index contributed by atoms with van der Waals surface area (Å²) in [4.78, 5) is 0. The van der Waals surface area contributed by atoms with Crippen molar-refractivity contribution in [3.63, 3.8) is 0 Å². The molecule has 0 aromatic heterocycles. The van der Waals surface area contributed by atoms with Gasteiger partial charge >= 0.3 is 0 Å². The number of rotatable bonds is 9. The second kappa shape index (κ2) is 9.57. The Hall–Kier alpha value is -0.310. The molecule has 0 fully saturated rings. The van der Waals surface area contributed by atoms with E-state index in [1.807, 2.05) is 12.1 Å². The molecule has 0 heterocycles. The Balaban J connectivity index is 2.55. The molecule has 0 aliphatic carbocycles. The molecule has 106 valence electrons. The number of unbranched alkanes of at least 4 members (excludes halogenated alkanes) is 3. The molecule has 0 saturated carbocycles. The van der Waals surface area contributed by atoms with Gasteiger partial charge in [0.15, 0.2) is 0 Å². The van der Waals surface area contributed by atoms with Crippen LogP contribution < -0.4 is 5.32 Å². The molecular formula is C16H23BrClN. The molecule has 0 saturated heterocycles. The van der Waals surface area contributed by atoms with Crippen molar-refractivity contribution in [3.05, 3.63) is 45.9 Å². The van der Waals surface area contributed by atoms with E-state index in [4.69, 9.17) is 11.6 Å². The fourth-order valence-electron chi connectivity index (χ4n) is 2.18. The lowest BCUT2D eigenvalue weighted by Gasteiger charge is -2.19. The number of hydrogen-bond acceptors (Lipinski definition) is 1. The van der Waals surface area contributed by atoms with Gasteiger partial charge in [-0.2, -0.15) is 0 Å². The summed E-state index contributed by atoms with van der Waals surface area (Å²) in [5.41, 5.74) is 1.31. The van der Waals surface area contributed by atoms with Crippen molar-refractivity contribution in [2.24, 2.45) is 0 Å². The molecule has 1 atom stereocenters. The Morgan fingerprint density at radius 2 is 2.16 bits per heavy atom. The number of benzene rings is 1. The molecule has 19 heavy (non-hydrogen) atoms. The van der Waals surface area contributed by atoms with Gasteiger partial charge in [-0.05, 0) is 59.4 Å². The fraction of sp³-hybridized carbons (Fsp3) is 0.500. The van der Waals surface area contributed by atoms with E-state index < -0.39 is 0 Å². The molecule has 0 bridgehead atoms. The van der Waals surface area contributed by atoms with Crippen molar-refractivity contribution in [2.45, 2.75) is 45.1 Å². The minimum Gasteiger partial charge on any atom is -0.310 e. The van der Waals surface area contributed by atoms with Crippen LogP contribution in [0.1, 0.15) is 50.6 Å². The zero-order valence-electron chi connectivity index (χ0n) is 11.6. The average Bonchev–Trinajstić information content (AvgIpc) is 2.40. The summed E-state index contributed by atoms with van der Waals surface area (Å²) in [6.07, 6.45) is 8.04. The Labute approximate surface area is 130 Å². The topological polar surface area (TPSA) is 12.0 Å². The van der Waals surface area contributed by atoms with Crippen molar-refractivity contribution in [3.8, 4) is 0 Å². The highest BCUT2D eigenvalue weighted by Gasteiger charge is 2.11. The molecule has 0 spiro atoms. The summed E-state index contributed by atoms with van der Waals surface area (Å²) in [5, 5.41) is 4.32. The van der Waals surface area contributed by atoms with Crippen LogP contribution in [0.4, 0.5) is 0 Å². The predicted molar refractivity (Wildman–Crippen MR) is 88.9 cm³/mol. The summed E-state index contributed by atoms with van der Waals surface area (Å²) in [5.74, 6) is 0. The smallest absolute Gasteiger partial charge is 0.0548 e. The van der Waals surface area contributed by atoms with Crippen molar-refractivity contribution in [2.75, 3.05) is 6.54 Å². The predicted octanol–water partition coefficient (Wildman–Crippen LogP) is 5.89. The number of allylic oxidation sites excluding steroid dienone is 1. The summed E-state index contributed by atoms with van der Waals surface area (Å²) in [6.45, 7) is 6.89. The van der Waals surface area contributed by atoms with Crippen LogP contribution in [0.15, 0.2) is 35.3 Å². The molecule has 0 aliphatic heterocycles. The van der Waals surface area contributed by atoms with E-state index in [0.717, 1.165) is 22.5 Å². The fourth-order valence-corrected chi connectivity index (χ4v) is 2.69. The summed E-state index contributed by atoms with van der Waals surface area (Å²) >= 11 is 9.54. The van der Waals surface area contributed by atoms with Gasteiger partial charge in [0.05, 0.1) is 5.02 Å². The largest absolute Gasteiger partial charge is 0.310 e. The van der Waals surface area contributed by atoms with Crippen LogP contribution in [0.2, 0.25) is 5.02 Å². The Morgan fingerprint density at radius 3 is 2.79 bits per heavy atom. The molecule has 3 heteroatoms. The van der Waals surface area contributed by atoms with E-state index in [1.165, 1.54) is 31.2 Å². The van der Waals surface area contributed by atoms with Gasteiger partial charge in [-0.25, -0.2) is 0 Å². The molecule has 0 radical (unpaired) electrons. The second-order valence-corrected chi connectivity index (χ2v) is 5.97. The monoisotopic (exact) mass is 343 g/mol.